The number of furan rings is 1. The van der Waals surface area contributed by atoms with E-state index in [-0.39, 0.29) is 0 Å². The zero-order valence-corrected chi connectivity index (χ0v) is 25.3. The van der Waals surface area contributed by atoms with Gasteiger partial charge in [-0.05, 0) is 51.7 Å². The first-order valence-corrected chi connectivity index (χ1v) is 15.7. The molecule has 2 heterocycles. The fraction of sp³-hybridized carbons (Fsp3) is 0. The number of fused-ring (bicyclic) bond motifs is 4. The molecule has 0 radical (unpaired) electrons. The van der Waals surface area contributed by atoms with Crippen LogP contribution in [-0.4, -0.2) is 15.0 Å². The van der Waals surface area contributed by atoms with Crippen molar-refractivity contribution in [3.8, 4) is 56.4 Å². The third-order valence-corrected chi connectivity index (χ3v) is 8.72. The van der Waals surface area contributed by atoms with Gasteiger partial charge < -0.3 is 4.42 Å². The van der Waals surface area contributed by atoms with Gasteiger partial charge in [0.05, 0.1) is 0 Å². The van der Waals surface area contributed by atoms with Crippen molar-refractivity contribution in [3.63, 3.8) is 0 Å². The van der Waals surface area contributed by atoms with Gasteiger partial charge in [-0.3, -0.25) is 0 Å². The molecule has 4 heteroatoms. The van der Waals surface area contributed by atoms with Gasteiger partial charge in [-0.2, -0.15) is 0 Å². The molecule has 0 aliphatic rings. The quantitative estimate of drug-likeness (QED) is 0.197. The van der Waals surface area contributed by atoms with Gasteiger partial charge >= 0.3 is 0 Å². The Hall–Kier alpha value is -6.39. The van der Waals surface area contributed by atoms with Gasteiger partial charge in [-0.15, -0.1) is 0 Å². The van der Waals surface area contributed by atoms with Gasteiger partial charge in [0.2, 0.25) is 0 Å². The van der Waals surface area contributed by atoms with E-state index in [1.54, 1.807) is 0 Å². The lowest BCUT2D eigenvalue weighted by Crippen LogP contribution is -2.00. The first kappa shape index (κ1) is 27.0. The topological polar surface area (TPSA) is 51.8 Å². The Labute approximate surface area is 271 Å². The van der Waals surface area contributed by atoms with Gasteiger partial charge in [-0.25, -0.2) is 15.0 Å². The molecular formula is C43H27N3O. The largest absolute Gasteiger partial charge is 0.455 e. The number of benzene rings is 7. The van der Waals surface area contributed by atoms with E-state index in [0.717, 1.165) is 60.5 Å². The Morgan fingerprint density at radius 3 is 1.47 bits per heavy atom. The van der Waals surface area contributed by atoms with Crippen LogP contribution in [0.15, 0.2) is 168 Å². The molecule has 0 saturated heterocycles. The molecule has 0 bridgehead atoms. The Bertz CT molecular complexity index is 2480. The van der Waals surface area contributed by atoms with E-state index in [1.807, 2.05) is 78.9 Å². The van der Waals surface area contributed by atoms with Crippen molar-refractivity contribution in [2.24, 2.45) is 0 Å². The number of hydrogen-bond donors (Lipinski definition) is 0. The molecule has 7 aromatic carbocycles. The van der Waals surface area contributed by atoms with Gasteiger partial charge in [0.1, 0.15) is 11.2 Å². The first-order valence-electron chi connectivity index (χ1n) is 15.7. The fourth-order valence-electron chi connectivity index (χ4n) is 6.40. The third-order valence-electron chi connectivity index (χ3n) is 8.72. The number of nitrogens with zero attached hydrogens (tertiary/aromatic N) is 3. The number of rotatable bonds is 5. The summed E-state index contributed by atoms with van der Waals surface area (Å²) in [6.45, 7) is 0. The summed E-state index contributed by atoms with van der Waals surface area (Å²) in [7, 11) is 0. The normalized spacial score (nSPS) is 11.4. The Morgan fingerprint density at radius 1 is 0.340 bits per heavy atom. The zero-order valence-electron chi connectivity index (χ0n) is 25.3. The van der Waals surface area contributed by atoms with Crippen molar-refractivity contribution in [2.75, 3.05) is 0 Å². The molecule has 0 N–H and O–H groups in total. The van der Waals surface area contributed by atoms with Crippen LogP contribution in [0.3, 0.4) is 0 Å². The van der Waals surface area contributed by atoms with E-state index < -0.39 is 0 Å². The van der Waals surface area contributed by atoms with E-state index in [4.69, 9.17) is 19.4 Å². The fourth-order valence-corrected chi connectivity index (χ4v) is 6.40. The van der Waals surface area contributed by atoms with Gasteiger partial charge in [0, 0.05) is 33.0 Å². The minimum atomic E-state index is 0.617. The highest BCUT2D eigenvalue weighted by molar-refractivity contribution is 6.18. The van der Waals surface area contributed by atoms with Crippen LogP contribution in [0.1, 0.15) is 0 Å². The molecule has 0 fully saturated rings. The van der Waals surface area contributed by atoms with E-state index in [1.165, 1.54) is 11.1 Å². The van der Waals surface area contributed by atoms with Crippen molar-refractivity contribution in [3.05, 3.63) is 164 Å². The van der Waals surface area contributed by atoms with Crippen LogP contribution in [0.5, 0.6) is 0 Å². The van der Waals surface area contributed by atoms with Crippen LogP contribution >= 0.6 is 0 Å². The average molecular weight is 602 g/mol. The molecule has 0 unspecified atom stereocenters. The second-order valence-electron chi connectivity index (χ2n) is 11.6. The molecule has 47 heavy (non-hydrogen) atoms. The van der Waals surface area contributed by atoms with E-state index >= 15 is 0 Å². The summed E-state index contributed by atoms with van der Waals surface area (Å²) in [5.74, 6) is 1.89. The maximum atomic E-state index is 6.68. The zero-order chi connectivity index (χ0) is 31.2. The van der Waals surface area contributed by atoms with Crippen molar-refractivity contribution in [2.45, 2.75) is 0 Å². The SMILES string of the molecule is c1ccc(-c2ccc(-c3c4ccccc4cc4c3oc3ccc(-c5nc(-c6ccccc6)nc(-c6ccccc6)n5)cc34)cc2)cc1. The Balaban J connectivity index is 1.23. The maximum Gasteiger partial charge on any atom is 0.164 e. The van der Waals surface area contributed by atoms with Crippen LogP contribution in [0.2, 0.25) is 0 Å². The minimum absolute atomic E-state index is 0.617. The smallest absolute Gasteiger partial charge is 0.164 e. The van der Waals surface area contributed by atoms with Gasteiger partial charge in [-0.1, -0.05) is 140 Å². The number of hydrogen-bond acceptors (Lipinski definition) is 4. The third kappa shape index (κ3) is 4.84. The monoisotopic (exact) mass is 601 g/mol. The van der Waals surface area contributed by atoms with Crippen LogP contribution in [0.4, 0.5) is 0 Å². The lowest BCUT2D eigenvalue weighted by Gasteiger charge is -2.10. The van der Waals surface area contributed by atoms with Crippen molar-refractivity contribution >= 4 is 32.7 Å². The lowest BCUT2D eigenvalue weighted by atomic mass is 9.93. The molecule has 2 aromatic heterocycles. The van der Waals surface area contributed by atoms with Crippen LogP contribution < -0.4 is 0 Å². The summed E-state index contributed by atoms with van der Waals surface area (Å²) in [4.78, 5) is 14.8. The first-order chi connectivity index (χ1) is 23.3. The predicted molar refractivity (Wildman–Crippen MR) is 192 cm³/mol. The Morgan fingerprint density at radius 2 is 0.830 bits per heavy atom. The maximum absolute atomic E-state index is 6.68. The average Bonchev–Trinajstić information content (AvgIpc) is 3.52. The van der Waals surface area contributed by atoms with Crippen LogP contribution in [-0.2, 0) is 0 Å². The Kier molecular flexibility index (Phi) is 6.43. The van der Waals surface area contributed by atoms with Crippen molar-refractivity contribution < 1.29 is 4.42 Å². The highest BCUT2D eigenvalue weighted by atomic mass is 16.3. The highest BCUT2D eigenvalue weighted by Crippen LogP contribution is 2.42. The van der Waals surface area contributed by atoms with E-state index in [2.05, 4.69) is 84.9 Å². The van der Waals surface area contributed by atoms with Crippen LogP contribution in [0.25, 0.3) is 89.1 Å². The molecule has 9 aromatic rings. The van der Waals surface area contributed by atoms with Crippen molar-refractivity contribution in [1.29, 1.82) is 0 Å². The molecule has 220 valence electrons. The highest BCUT2D eigenvalue weighted by Gasteiger charge is 2.19. The summed E-state index contributed by atoms with van der Waals surface area (Å²) in [5, 5.41) is 4.40. The molecule has 4 nitrogen and oxygen atoms in total. The summed E-state index contributed by atoms with van der Waals surface area (Å²) in [6, 6.07) is 56.3. The molecular weight excluding hydrogens is 574 g/mol. The summed E-state index contributed by atoms with van der Waals surface area (Å²) in [6.07, 6.45) is 0. The summed E-state index contributed by atoms with van der Waals surface area (Å²) < 4.78 is 6.68. The number of aromatic nitrogens is 3. The van der Waals surface area contributed by atoms with Crippen LogP contribution in [0, 0.1) is 0 Å². The van der Waals surface area contributed by atoms with Gasteiger partial charge in [0.15, 0.2) is 17.5 Å². The van der Waals surface area contributed by atoms with E-state index in [9.17, 15) is 0 Å². The molecule has 0 aliphatic carbocycles. The molecule has 0 atom stereocenters. The summed E-state index contributed by atoms with van der Waals surface area (Å²) >= 11 is 0. The minimum Gasteiger partial charge on any atom is -0.455 e. The second-order valence-corrected chi connectivity index (χ2v) is 11.6. The molecule has 0 saturated carbocycles. The lowest BCUT2D eigenvalue weighted by molar-refractivity contribution is 0.670. The molecule has 0 aliphatic heterocycles. The molecule has 0 amide bonds. The predicted octanol–water partition coefficient (Wildman–Crippen LogP) is 11.3. The van der Waals surface area contributed by atoms with Crippen molar-refractivity contribution in [1.82, 2.24) is 15.0 Å². The van der Waals surface area contributed by atoms with Gasteiger partial charge in [0.25, 0.3) is 0 Å². The second kappa shape index (κ2) is 11.2. The molecule has 9 rings (SSSR count). The van der Waals surface area contributed by atoms with E-state index in [0.29, 0.717) is 17.5 Å². The molecule has 0 spiro atoms. The standard InChI is InChI=1S/C43H27N3O/c1-4-12-28(13-5-1)29-20-22-30(23-21-29)39-35-19-11-10-18-33(35)26-37-36-27-34(24-25-38(36)47-40(37)39)43-45-41(31-14-6-2-7-15-31)44-42(46-43)32-16-8-3-9-17-32/h1-27H. The summed E-state index contributed by atoms with van der Waals surface area (Å²) in [5.41, 5.74) is 9.06.